The Labute approximate surface area is 162 Å². The van der Waals surface area contributed by atoms with E-state index in [1.165, 1.54) is 0 Å². The number of benzene rings is 1. The molecule has 2 N–H and O–H groups in total. The summed E-state index contributed by atoms with van der Waals surface area (Å²) in [6.07, 6.45) is -0.890. The van der Waals surface area contributed by atoms with Gasteiger partial charge in [-0.25, -0.2) is 4.79 Å². The lowest BCUT2D eigenvalue weighted by molar-refractivity contribution is -0.147. The van der Waals surface area contributed by atoms with E-state index in [4.69, 9.17) is 5.11 Å². The zero-order valence-corrected chi connectivity index (χ0v) is 17.1. The molecule has 7 nitrogen and oxygen atoms in total. The number of aliphatic carboxylic acids is 2. The van der Waals surface area contributed by atoms with Crippen LogP contribution in [0, 0.1) is 0 Å². The second kappa shape index (κ2) is 6.61. The normalized spacial score (nSPS) is 14.9. The average Bonchev–Trinajstić information content (AvgIpc) is 2.71. The fraction of sp³-hybridized carbons (Fsp3) is 0.167. The number of nitrogens with zero attached hydrogens (tertiary/aromatic N) is 1. The third-order valence-electron chi connectivity index (χ3n) is 3.10. The van der Waals surface area contributed by atoms with Crippen molar-refractivity contribution in [2.75, 3.05) is 0 Å². The standard InChI is InChI=1S/C12H5Br4NO6/c13-6-4-5(7(14)9(16)8(6)15)11(21)17(10(4)20)2(12(22)23)1-3(18)19/h2H,1H2,(H,18,19)(H,22,23)/t2-/m1/s1. The van der Waals surface area contributed by atoms with Gasteiger partial charge in [0.05, 0.1) is 17.5 Å². The fourth-order valence-corrected chi connectivity index (χ4v) is 4.56. The lowest BCUT2D eigenvalue weighted by Crippen LogP contribution is -2.46. The van der Waals surface area contributed by atoms with Gasteiger partial charge in [-0.05, 0) is 63.7 Å². The van der Waals surface area contributed by atoms with E-state index in [1.807, 2.05) is 0 Å². The fourth-order valence-electron chi connectivity index (χ4n) is 2.10. The number of amides is 2. The largest absolute Gasteiger partial charge is 0.481 e. The van der Waals surface area contributed by atoms with Crippen LogP contribution in [0.3, 0.4) is 0 Å². The third-order valence-corrected chi connectivity index (χ3v) is 7.87. The highest BCUT2D eigenvalue weighted by Gasteiger charge is 2.47. The van der Waals surface area contributed by atoms with Gasteiger partial charge in [0.2, 0.25) is 0 Å². The summed E-state index contributed by atoms with van der Waals surface area (Å²) in [6.45, 7) is 0. The Kier molecular flexibility index (Phi) is 5.34. The summed E-state index contributed by atoms with van der Waals surface area (Å²) < 4.78 is 1.44. The van der Waals surface area contributed by atoms with Gasteiger partial charge in [0, 0.05) is 17.9 Å². The number of rotatable bonds is 4. The third kappa shape index (κ3) is 2.99. The van der Waals surface area contributed by atoms with Crippen LogP contribution in [0.25, 0.3) is 0 Å². The van der Waals surface area contributed by atoms with Gasteiger partial charge < -0.3 is 10.2 Å². The van der Waals surface area contributed by atoms with Gasteiger partial charge >= 0.3 is 11.9 Å². The molecule has 2 rings (SSSR count). The summed E-state index contributed by atoms with van der Waals surface area (Å²) >= 11 is 12.9. The van der Waals surface area contributed by atoms with E-state index in [1.54, 1.807) is 0 Å². The minimum absolute atomic E-state index is 0.0337. The Morgan fingerprint density at radius 3 is 1.57 bits per heavy atom. The van der Waals surface area contributed by atoms with Crippen molar-refractivity contribution >= 4 is 87.5 Å². The van der Waals surface area contributed by atoms with Crippen LogP contribution in [0.15, 0.2) is 17.9 Å². The van der Waals surface area contributed by atoms with Gasteiger partial charge in [-0.3, -0.25) is 19.3 Å². The predicted molar refractivity (Wildman–Crippen MR) is 91.4 cm³/mol. The minimum Gasteiger partial charge on any atom is -0.481 e. The van der Waals surface area contributed by atoms with Crippen molar-refractivity contribution in [1.29, 1.82) is 0 Å². The summed E-state index contributed by atoms with van der Waals surface area (Å²) in [5.74, 6) is -4.76. The van der Waals surface area contributed by atoms with Crippen LogP contribution in [0.1, 0.15) is 27.1 Å². The van der Waals surface area contributed by atoms with E-state index in [2.05, 4.69) is 63.7 Å². The number of carbonyl (C=O) groups is 4. The monoisotopic (exact) mass is 575 g/mol. The molecule has 0 radical (unpaired) electrons. The maximum Gasteiger partial charge on any atom is 0.327 e. The van der Waals surface area contributed by atoms with Crippen LogP contribution < -0.4 is 0 Å². The molecular weight excluding hydrogens is 574 g/mol. The second-order valence-corrected chi connectivity index (χ2v) is 7.61. The first-order valence-electron chi connectivity index (χ1n) is 5.78. The molecule has 1 aromatic carbocycles. The minimum atomic E-state index is -1.80. The molecule has 0 unspecified atom stereocenters. The molecule has 0 saturated carbocycles. The molecule has 1 heterocycles. The van der Waals surface area contributed by atoms with Crippen LogP contribution in [0.2, 0.25) is 0 Å². The number of hydrogen-bond acceptors (Lipinski definition) is 4. The van der Waals surface area contributed by atoms with Crippen LogP contribution in [-0.2, 0) is 9.59 Å². The highest BCUT2D eigenvalue weighted by molar-refractivity contribution is 9.15. The van der Waals surface area contributed by atoms with Crippen molar-refractivity contribution < 1.29 is 29.4 Å². The van der Waals surface area contributed by atoms with Crippen LogP contribution in [-0.4, -0.2) is 44.9 Å². The Balaban J connectivity index is 2.66. The van der Waals surface area contributed by atoms with E-state index < -0.39 is 36.2 Å². The molecule has 0 aliphatic carbocycles. The molecule has 0 spiro atoms. The number of carbonyl (C=O) groups excluding carboxylic acids is 2. The maximum absolute atomic E-state index is 12.5. The van der Waals surface area contributed by atoms with Crippen LogP contribution >= 0.6 is 63.7 Å². The van der Waals surface area contributed by atoms with Gasteiger partial charge in [0.15, 0.2) is 0 Å². The molecular formula is C12H5Br4NO6. The van der Waals surface area contributed by atoms with Crippen LogP contribution in [0.5, 0.6) is 0 Å². The predicted octanol–water partition coefficient (Wildman–Crippen LogP) is 3.26. The molecule has 1 aliphatic heterocycles. The molecule has 0 fully saturated rings. The summed E-state index contributed by atoms with van der Waals surface area (Å²) in [5, 5.41) is 18.0. The molecule has 0 saturated heterocycles. The van der Waals surface area contributed by atoms with Crippen molar-refractivity contribution in [1.82, 2.24) is 4.90 Å². The zero-order chi connectivity index (χ0) is 17.6. The maximum atomic E-state index is 12.5. The number of carboxylic acids is 2. The SMILES string of the molecule is O=C(O)C[C@H](C(=O)O)N1C(=O)c2c(Br)c(Br)c(Br)c(Br)c2C1=O. The zero-order valence-electron chi connectivity index (χ0n) is 10.8. The number of imide groups is 1. The smallest absolute Gasteiger partial charge is 0.327 e. The molecule has 1 atom stereocenters. The average molecular weight is 579 g/mol. The van der Waals surface area contributed by atoms with E-state index in [0.717, 1.165) is 0 Å². The van der Waals surface area contributed by atoms with Gasteiger partial charge in [0.1, 0.15) is 6.04 Å². The quantitative estimate of drug-likeness (QED) is 0.322. The molecule has 0 aromatic heterocycles. The molecule has 23 heavy (non-hydrogen) atoms. The van der Waals surface area contributed by atoms with E-state index >= 15 is 0 Å². The molecule has 122 valence electrons. The first kappa shape index (κ1) is 18.6. The van der Waals surface area contributed by atoms with Gasteiger partial charge in [-0.2, -0.15) is 0 Å². The van der Waals surface area contributed by atoms with E-state index in [0.29, 0.717) is 13.8 Å². The molecule has 0 bridgehead atoms. The summed E-state index contributed by atoms with van der Waals surface area (Å²) in [5.41, 5.74) is -0.0674. The van der Waals surface area contributed by atoms with Gasteiger partial charge in [0.25, 0.3) is 11.8 Å². The van der Waals surface area contributed by atoms with Crippen molar-refractivity contribution in [2.24, 2.45) is 0 Å². The number of halogens is 4. The Hall–Kier alpha value is -0.780. The molecule has 1 aliphatic rings. The number of fused-ring (bicyclic) bond motifs is 1. The first-order valence-corrected chi connectivity index (χ1v) is 8.95. The summed E-state index contributed by atoms with van der Waals surface area (Å²) in [6, 6.07) is -1.80. The van der Waals surface area contributed by atoms with Crippen molar-refractivity contribution in [3.8, 4) is 0 Å². The lowest BCUT2D eigenvalue weighted by atomic mass is 10.1. The number of hydrogen-bond donors (Lipinski definition) is 2. The molecule has 2 amide bonds. The first-order chi connectivity index (χ1) is 10.6. The van der Waals surface area contributed by atoms with Crippen molar-refractivity contribution in [3.05, 3.63) is 29.0 Å². The summed E-state index contributed by atoms with van der Waals surface area (Å²) in [7, 11) is 0. The van der Waals surface area contributed by atoms with Gasteiger partial charge in [-0.1, -0.05) is 0 Å². The summed E-state index contributed by atoms with van der Waals surface area (Å²) in [4.78, 5) is 47.7. The van der Waals surface area contributed by atoms with E-state index in [-0.39, 0.29) is 20.1 Å². The second-order valence-electron chi connectivity index (χ2n) is 4.44. The highest BCUT2D eigenvalue weighted by Crippen LogP contribution is 2.45. The lowest BCUT2D eigenvalue weighted by Gasteiger charge is -2.20. The Bertz CT molecular complexity index is 731. The Morgan fingerprint density at radius 1 is 0.870 bits per heavy atom. The van der Waals surface area contributed by atoms with Gasteiger partial charge in [-0.15, -0.1) is 0 Å². The topological polar surface area (TPSA) is 112 Å². The van der Waals surface area contributed by atoms with E-state index in [9.17, 15) is 24.3 Å². The number of carboxylic acid groups (broad SMARTS) is 2. The Morgan fingerprint density at radius 2 is 1.26 bits per heavy atom. The van der Waals surface area contributed by atoms with Crippen molar-refractivity contribution in [2.45, 2.75) is 12.5 Å². The van der Waals surface area contributed by atoms with Crippen molar-refractivity contribution in [3.63, 3.8) is 0 Å². The molecule has 11 heteroatoms. The molecule has 1 aromatic rings. The van der Waals surface area contributed by atoms with Crippen LogP contribution in [0.4, 0.5) is 0 Å². The highest BCUT2D eigenvalue weighted by atomic mass is 79.9.